The summed E-state index contributed by atoms with van der Waals surface area (Å²) in [6.45, 7) is 0. The lowest BCUT2D eigenvalue weighted by Crippen LogP contribution is -2.10. The zero-order chi connectivity index (χ0) is 32.8. The minimum absolute atomic E-state index is 0.909. The van der Waals surface area contributed by atoms with E-state index in [0.717, 1.165) is 55.5 Å². The van der Waals surface area contributed by atoms with Gasteiger partial charge >= 0.3 is 0 Å². The highest BCUT2D eigenvalue weighted by Gasteiger charge is 2.20. The Labute approximate surface area is 291 Å². The number of anilines is 3. The first-order chi connectivity index (χ1) is 24.8. The monoisotopic (exact) mass is 656 g/mol. The summed E-state index contributed by atoms with van der Waals surface area (Å²) in [5, 5.41) is 9.56. The van der Waals surface area contributed by atoms with E-state index in [1.807, 2.05) is 17.4 Å². The van der Waals surface area contributed by atoms with Crippen LogP contribution in [0.3, 0.4) is 0 Å². The van der Waals surface area contributed by atoms with Gasteiger partial charge in [0.15, 0.2) is 0 Å². The summed E-state index contributed by atoms with van der Waals surface area (Å²) in [7, 11) is 0. The van der Waals surface area contributed by atoms with Crippen molar-refractivity contribution in [2.24, 2.45) is 0 Å². The van der Waals surface area contributed by atoms with E-state index in [1.54, 1.807) is 0 Å². The summed E-state index contributed by atoms with van der Waals surface area (Å²) in [5.41, 5.74) is 8.61. The van der Waals surface area contributed by atoms with Crippen molar-refractivity contribution >= 4 is 103 Å². The Balaban J connectivity index is 1.20. The Morgan fingerprint density at radius 1 is 0.420 bits per heavy atom. The summed E-state index contributed by atoms with van der Waals surface area (Å²) in [6, 6.07) is 61.4. The maximum absolute atomic E-state index is 6.54. The van der Waals surface area contributed by atoms with Gasteiger partial charge in [0.25, 0.3) is 0 Å². The highest BCUT2D eigenvalue weighted by atomic mass is 32.1. The molecule has 0 bridgehead atoms. The third-order valence-electron chi connectivity index (χ3n) is 10.2. The van der Waals surface area contributed by atoms with E-state index in [-0.39, 0.29) is 0 Å². The van der Waals surface area contributed by atoms with Gasteiger partial charge < -0.3 is 13.9 Å². The summed E-state index contributed by atoms with van der Waals surface area (Å²) in [5.74, 6) is 0. The van der Waals surface area contributed by atoms with Gasteiger partial charge in [0.2, 0.25) is 0 Å². The number of fused-ring (bicyclic) bond motifs is 11. The largest absolute Gasteiger partial charge is 0.455 e. The molecule has 11 aromatic rings. The average molecular weight is 657 g/mol. The first-order valence-electron chi connectivity index (χ1n) is 16.9. The number of hydrogen-bond donors (Lipinski definition) is 0. The summed E-state index contributed by atoms with van der Waals surface area (Å²) in [4.78, 5) is 2.40. The molecular weight excluding hydrogens is 629 g/mol. The van der Waals surface area contributed by atoms with E-state index in [0.29, 0.717) is 0 Å². The number of benzene rings is 8. The molecule has 11 rings (SSSR count). The number of rotatable bonds is 4. The van der Waals surface area contributed by atoms with Crippen LogP contribution in [0, 0.1) is 0 Å². The van der Waals surface area contributed by atoms with Gasteiger partial charge in [-0.15, -0.1) is 11.3 Å². The summed E-state index contributed by atoms with van der Waals surface area (Å²) < 4.78 is 11.5. The number of aromatic nitrogens is 1. The van der Waals surface area contributed by atoms with Crippen LogP contribution < -0.4 is 4.90 Å². The fourth-order valence-electron chi connectivity index (χ4n) is 7.88. The van der Waals surface area contributed by atoms with Crippen LogP contribution in [0.25, 0.3) is 80.4 Å². The second kappa shape index (κ2) is 10.6. The Morgan fingerprint density at radius 2 is 1.04 bits per heavy atom. The zero-order valence-corrected chi connectivity index (χ0v) is 27.7. The molecule has 234 valence electrons. The third kappa shape index (κ3) is 4.03. The van der Waals surface area contributed by atoms with Crippen molar-refractivity contribution < 1.29 is 4.42 Å². The van der Waals surface area contributed by atoms with Crippen LogP contribution in [0.5, 0.6) is 0 Å². The van der Waals surface area contributed by atoms with Crippen molar-refractivity contribution in [3.05, 3.63) is 170 Å². The maximum atomic E-state index is 6.54. The molecule has 8 aromatic carbocycles. The van der Waals surface area contributed by atoms with Crippen LogP contribution in [0.2, 0.25) is 0 Å². The van der Waals surface area contributed by atoms with Crippen LogP contribution in [0.1, 0.15) is 0 Å². The zero-order valence-electron chi connectivity index (χ0n) is 26.9. The lowest BCUT2D eigenvalue weighted by molar-refractivity contribution is 0.672. The van der Waals surface area contributed by atoms with Gasteiger partial charge in [0, 0.05) is 69.9 Å². The smallest absolute Gasteiger partial charge is 0.143 e. The van der Waals surface area contributed by atoms with Gasteiger partial charge in [-0.25, -0.2) is 0 Å². The van der Waals surface area contributed by atoms with Crippen molar-refractivity contribution in [1.29, 1.82) is 0 Å². The van der Waals surface area contributed by atoms with Crippen LogP contribution in [-0.4, -0.2) is 4.57 Å². The Bertz CT molecular complexity index is 3110. The quantitative estimate of drug-likeness (QED) is 0.188. The predicted octanol–water partition coefficient (Wildman–Crippen LogP) is 13.7. The topological polar surface area (TPSA) is 21.3 Å². The number of nitrogens with zero attached hydrogens (tertiary/aromatic N) is 2. The normalized spacial score (nSPS) is 12.0. The van der Waals surface area contributed by atoms with E-state index < -0.39 is 0 Å². The van der Waals surface area contributed by atoms with Gasteiger partial charge in [-0.05, 0) is 84.2 Å². The van der Waals surface area contributed by atoms with Crippen molar-refractivity contribution in [3.8, 4) is 5.69 Å². The molecule has 3 heterocycles. The molecule has 0 spiro atoms. The standard InChI is InChI=1S/C46H28N2OS/c1-2-10-30(11-3-1)48-41-15-7-4-12-34(41)35-24-21-33(28-42(35)48)47(32-22-25-45-40(27-32)37-14-6-9-17-44(37)50-45)31-20-18-29-19-23-38-36-13-5-8-16-43(36)49-46(38)39(29)26-31/h1-28H. The Hall–Kier alpha value is -6.36. The van der Waals surface area contributed by atoms with E-state index in [9.17, 15) is 0 Å². The molecule has 3 nitrogen and oxygen atoms in total. The molecule has 0 atom stereocenters. The third-order valence-corrected chi connectivity index (χ3v) is 11.3. The molecule has 0 aliphatic heterocycles. The first kappa shape index (κ1) is 27.6. The van der Waals surface area contributed by atoms with Crippen molar-refractivity contribution in [1.82, 2.24) is 4.57 Å². The van der Waals surface area contributed by atoms with Gasteiger partial charge in [-0.2, -0.15) is 0 Å². The van der Waals surface area contributed by atoms with Crippen LogP contribution in [-0.2, 0) is 0 Å². The highest BCUT2D eigenvalue weighted by Crippen LogP contribution is 2.44. The van der Waals surface area contributed by atoms with Gasteiger partial charge in [-0.1, -0.05) is 91.0 Å². The molecular formula is C46H28N2OS. The summed E-state index contributed by atoms with van der Waals surface area (Å²) >= 11 is 1.85. The van der Waals surface area contributed by atoms with E-state index >= 15 is 0 Å². The number of furan rings is 1. The lowest BCUT2D eigenvalue weighted by Gasteiger charge is -2.26. The predicted molar refractivity (Wildman–Crippen MR) is 213 cm³/mol. The van der Waals surface area contributed by atoms with E-state index in [4.69, 9.17) is 4.42 Å². The van der Waals surface area contributed by atoms with E-state index in [1.165, 1.54) is 42.0 Å². The molecule has 3 aromatic heterocycles. The SMILES string of the molecule is c1ccc(-n2c3ccccc3c3ccc(N(c4ccc5sc6ccccc6c5c4)c4ccc5ccc6c7ccccc7oc6c5c4)cc32)cc1. The fourth-order valence-corrected chi connectivity index (χ4v) is 8.97. The molecule has 0 saturated carbocycles. The van der Waals surface area contributed by atoms with E-state index in [2.05, 4.69) is 173 Å². The minimum atomic E-state index is 0.909. The van der Waals surface area contributed by atoms with Gasteiger partial charge in [0.05, 0.1) is 11.0 Å². The fraction of sp³-hybridized carbons (Fsp3) is 0. The second-order valence-corrected chi connectivity index (χ2v) is 14.0. The van der Waals surface area contributed by atoms with Gasteiger partial charge in [0.1, 0.15) is 11.2 Å². The molecule has 0 unspecified atom stereocenters. The van der Waals surface area contributed by atoms with Crippen LogP contribution in [0.4, 0.5) is 17.1 Å². The highest BCUT2D eigenvalue weighted by molar-refractivity contribution is 7.25. The molecule has 0 fully saturated rings. The first-order valence-corrected chi connectivity index (χ1v) is 17.7. The lowest BCUT2D eigenvalue weighted by atomic mass is 10.0. The number of thiophene rings is 1. The molecule has 0 saturated heterocycles. The van der Waals surface area contributed by atoms with Gasteiger partial charge in [-0.3, -0.25) is 0 Å². The molecule has 0 N–H and O–H groups in total. The van der Waals surface area contributed by atoms with Crippen molar-refractivity contribution in [2.75, 3.05) is 4.90 Å². The Morgan fingerprint density at radius 3 is 1.94 bits per heavy atom. The number of hydrogen-bond acceptors (Lipinski definition) is 3. The van der Waals surface area contributed by atoms with Crippen LogP contribution >= 0.6 is 11.3 Å². The molecule has 0 aliphatic rings. The van der Waals surface area contributed by atoms with Crippen LogP contribution in [0.15, 0.2) is 174 Å². The Kier molecular flexibility index (Phi) is 5.83. The molecule has 0 radical (unpaired) electrons. The van der Waals surface area contributed by atoms with Crippen molar-refractivity contribution in [3.63, 3.8) is 0 Å². The van der Waals surface area contributed by atoms with Crippen molar-refractivity contribution in [2.45, 2.75) is 0 Å². The molecule has 4 heteroatoms. The maximum Gasteiger partial charge on any atom is 0.143 e. The minimum Gasteiger partial charge on any atom is -0.455 e. The summed E-state index contributed by atoms with van der Waals surface area (Å²) in [6.07, 6.45) is 0. The number of para-hydroxylation sites is 3. The average Bonchev–Trinajstić information content (AvgIpc) is 3.85. The second-order valence-electron chi connectivity index (χ2n) is 12.9. The molecule has 0 aliphatic carbocycles. The molecule has 50 heavy (non-hydrogen) atoms. The molecule has 0 amide bonds.